The lowest BCUT2D eigenvalue weighted by atomic mass is 10.1. The number of aromatic nitrogens is 3. The van der Waals surface area contributed by atoms with Crippen LogP contribution in [0, 0.1) is 5.82 Å². The van der Waals surface area contributed by atoms with Crippen LogP contribution in [0.2, 0.25) is 0 Å². The molecule has 0 bridgehead atoms. The number of likely N-dealkylation sites (tertiary alicyclic amines) is 1. The molecule has 3 heterocycles. The van der Waals surface area contributed by atoms with Gasteiger partial charge in [-0.2, -0.15) is 0 Å². The van der Waals surface area contributed by atoms with Crippen molar-refractivity contribution >= 4 is 5.65 Å². The van der Waals surface area contributed by atoms with Crippen LogP contribution in [0.5, 0.6) is 11.6 Å². The van der Waals surface area contributed by atoms with Crippen LogP contribution in [0.1, 0.15) is 19.3 Å². The molecule has 0 saturated carbocycles. The number of rotatable bonds is 6. The number of hydrogen-bond donors (Lipinski definition) is 0. The Hall–Kier alpha value is -2.67. The lowest BCUT2D eigenvalue weighted by molar-refractivity contribution is 0.227. The van der Waals surface area contributed by atoms with Gasteiger partial charge in [0.2, 0.25) is 5.88 Å². The van der Waals surface area contributed by atoms with Gasteiger partial charge in [-0.15, -0.1) is 5.10 Å². The Balaban J connectivity index is 1.53. The minimum absolute atomic E-state index is 0.210. The lowest BCUT2D eigenvalue weighted by Gasteiger charge is -2.19. The molecule has 1 fully saturated rings. The van der Waals surface area contributed by atoms with Gasteiger partial charge < -0.3 is 14.4 Å². The molecule has 0 amide bonds. The van der Waals surface area contributed by atoms with Crippen molar-refractivity contribution in [3.05, 3.63) is 42.3 Å². The molecule has 1 atom stereocenters. The Labute approximate surface area is 157 Å². The average Bonchev–Trinajstić information content (AvgIpc) is 3.27. The zero-order valence-electron chi connectivity index (χ0n) is 15.6. The fourth-order valence-corrected chi connectivity index (χ4v) is 3.60. The summed E-state index contributed by atoms with van der Waals surface area (Å²) in [5.41, 5.74) is 2.06. The number of methoxy groups -OCH3 is 1. The van der Waals surface area contributed by atoms with Crippen molar-refractivity contribution in [1.29, 1.82) is 0 Å². The fraction of sp³-hybridized carbons (Fsp3) is 0.400. The minimum atomic E-state index is -0.418. The van der Waals surface area contributed by atoms with Crippen molar-refractivity contribution in [2.24, 2.45) is 0 Å². The van der Waals surface area contributed by atoms with Crippen LogP contribution in [0.3, 0.4) is 0 Å². The van der Waals surface area contributed by atoms with Crippen molar-refractivity contribution in [1.82, 2.24) is 19.5 Å². The molecule has 3 aromatic rings. The zero-order valence-corrected chi connectivity index (χ0v) is 15.6. The van der Waals surface area contributed by atoms with Crippen LogP contribution in [-0.2, 0) is 0 Å². The molecule has 1 aliphatic heterocycles. The molecule has 1 aromatic carbocycles. The predicted molar refractivity (Wildman–Crippen MR) is 101 cm³/mol. The smallest absolute Gasteiger partial charge is 0.231 e. The molecule has 6 nitrogen and oxygen atoms in total. The summed E-state index contributed by atoms with van der Waals surface area (Å²) < 4.78 is 26.6. The second-order valence-corrected chi connectivity index (χ2v) is 6.85. The zero-order chi connectivity index (χ0) is 18.8. The maximum atomic E-state index is 14.1. The largest absolute Gasteiger partial charge is 0.494 e. The molecule has 0 aliphatic carbocycles. The highest BCUT2D eigenvalue weighted by molar-refractivity contribution is 5.64. The van der Waals surface area contributed by atoms with E-state index in [1.807, 2.05) is 12.1 Å². The summed E-state index contributed by atoms with van der Waals surface area (Å²) >= 11 is 0. The summed E-state index contributed by atoms with van der Waals surface area (Å²) in [7, 11) is 3.61. The third kappa shape index (κ3) is 3.60. The van der Waals surface area contributed by atoms with E-state index >= 15 is 0 Å². The molecule has 27 heavy (non-hydrogen) atoms. The van der Waals surface area contributed by atoms with Crippen molar-refractivity contribution in [3.63, 3.8) is 0 Å². The van der Waals surface area contributed by atoms with E-state index in [0.29, 0.717) is 35.4 Å². The van der Waals surface area contributed by atoms with Gasteiger partial charge in [-0.1, -0.05) is 0 Å². The number of ether oxygens (including phenoxy) is 2. The van der Waals surface area contributed by atoms with Crippen LogP contribution < -0.4 is 9.47 Å². The van der Waals surface area contributed by atoms with Crippen molar-refractivity contribution in [2.45, 2.75) is 25.3 Å². The summed E-state index contributed by atoms with van der Waals surface area (Å²) in [5, 5.41) is 4.53. The molecule has 142 valence electrons. The molecular formula is C20H23FN4O2. The molecule has 2 aromatic heterocycles. The molecule has 0 radical (unpaired) electrons. The van der Waals surface area contributed by atoms with Gasteiger partial charge in [0, 0.05) is 17.7 Å². The van der Waals surface area contributed by atoms with Gasteiger partial charge in [0.1, 0.15) is 0 Å². The molecular weight excluding hydrogens is 347 g/mol. The Kier molecular flexibility index (Phi) is 4.94. The van der Waals surface area contributed by atoms with E-state index in [-0.39, 0.29) is 5.75 Å². The molecule has 7 heteroatoms. The highest BCUT2D eigenvalue weighted by atomic mass is 19.1. The molecule has 0 spiro atoms. The highest BCUT2D eigenvalue weighted by Gasteiger charge is 2.20. The van der Waals surface area contributed by atoms with Gasteiger partial charge in [0.05, 0.1) is 25.6 Å². The van der Waals surface area contributed by atoms with Gasteiger partial charge in [-0.3, -0.25) is 0 Å². The third-order valence-corrected chi connectivity index (χ3v) is 5.16. The summed E-state index contributed by atoms with van der Waals surface area (Å²) in [4.78, 5) is 6.73. The first-order valence-electron chi connectivity index (χ1n) is 9.17. The number of imidazole rings is 1. The van der Waals surface area contributed by atoms with Crippen molar-refractivity contribution in [2.75, 3.05) is 27.3 Å². The maximum Gasteiger partial charge on any atom is 0.231 e. The molecule has 1 unspecified atom stereocenters. The van der Waals surface area contributed by atoms with Gasteiger partial charge in [0.15, 0.2) is 17.2 Å². The second kappa shape index (κ2) is 7.52. The van der Waals surface area contributed by atoms with Crippen molar-refractivity contribution < 1.29 is 13.9 Å². The normalized spacial score (nSPS) is 17.5. The predicted octanol–water partition coefficient (Wildman–Crippen LogP) is 3.41. The van der Waals surface area contributed by atoms with E-state index in [1.165, 1.54) is 26.0 Å². The number of halogens is 1. The second-order valence-electron chi connectivity index (χ2n) is 6.85. The van der Waals surface area contributed by atoms with Crippen LogP contribution in [0.15, 0.2) is 36.5 Å². The van der Waals surface area contributed by atoms with Crippen LogP contribution in [0.4, 0.5) is 4.39 Å². The first kappa shape index (κ1) is 17.7. The summed E-state index contributed by atoms with van der Waals surface area (Å²) in [6, 6.07) is 9.07. The van der Waals surface area contributed by atoms with Gasteiger partial charge in [0.25, 0.3) is 0 Å². The Bertz CT molecular complexity index is 943. The van der Waals surface area contributed by atoms with Gasteiger partial charge >= 0.3 is 0 Å². The van der Waals surface area contributed by atoms with E-state index in [0.717, 1.165) is 13.0 Å². The summed E-state index contributed by atoms with van der Waals surface area (Å²) in [5.74, 6) is 0.329. The Morgan fingerprint density at radius 1 is 1.26 bits per heavy atom. The van der Waals surface area contributed by atoms with Crippen LogP contribution >= 0.6 is 0 Å². The third-order valence-electron chi connectivity index (χ3n) is 5.16. The number of nitrogens with zero attached hydrogens (tertiary/aromatic N) is 4. The maximum absolute atomic E-state index is 14.1. The average molecular weight is 370 g/mol. The molecule has 1 saturated heterocycles. The van der Waals surface area contributed by atoms with Crippen LogP contribution in [0.25, 0.3) is 16.9 Å². The summed E-state index contributed by atoms with van der Waals surface area (Å²) in [6.45, 7) is 1.78. The Morgan fingerprint density at radius 2 is 2.15 bits per heavy atom. The quantitative estimate of drug-likeness (QED) is 0.666. The Morgan fingerprint density at radius 3 is 2.89 bits per heavy atom. The first-order valence-corrected chi connectivity index (χ1v) is 9.17. The van der Waals surface area contributed by atoms with Gasteiger partial charge in [-0.25, -0.2) is 13.9 Å². The van der Waals surface area contributed by atoms with E-state index in [9.17, 15) is 4.39 Å². The standard InChI is InChI=1S/C20H23FN4O2/c1-24-10-3-4-15(24)9-11-27-20-8-7-19-22-13-17(25(19)23-20)14-5-6-18(26-2)16(21)12-14/h5-8,12-13,15H,3-4,9-11H2,1-2H3. The molecule has 4 rings (SSSR count). The minimum Gasteiger partial charge on any atom is -0.494 e. The van der Waals surface area contributed by atoms with Crippen molar-refractivity contribution in [3.8, 4) is 22.9 Å². The lowest BCUT2D eigenvalue weighted by Crippen LogP contribution is -2.26. The molecule has 1 aliphatic rings. The summed E-state index contributed by atoms with van der Waals surface area (Å²) in [6.07, 6.45) is 5.14. The van der Waals surface area contributed by atoms with E-state index in [2.05, 4.69) is 22.0 Å². The fourth-order valence-electron chi connectivity index (χ4n) is 3.60. The monoisotopic (exact) mass is 370 g/mol. The number of hydrogen-bond acceptors (Lipinski definition) is 5. The van der Waals surface area contributed by atoms with E-state index < -0.39 is 5.82 Å². The van der Waals surface area contributed by atoms with E-state index in [1.54, 1.807) is 22.8 Å². The highest BCUT2D eigenvalue weighted by Crippen LogP contribution is 2.26. The SMILES string of the molecule is COc1ccc(-c2cnc3ccc(OCCC4CCCN4C)nn23)cc1F. The molecule has 0 N–H and O–H groups in total. The topological polar surface area (TPSA) is 51.9 Å². The number of benzene rings is 1. The van der Waals surface area contributed by atoms with E-state index in [4.69, 9.17) is 9.47 Å². The number of fused-ring (bicyclic) bond motifs is 1. The van der Waals surface area contributed by atoms with Gasteiger partial charge in [-0.05, 0) is 57.1 Å². The van der Waals surface area contributed by atoms with Crippen LogP contribution in [-0.4, -0.2) is 52.8 Å². The first-order chi connectivity index (χ1) is 13.2.